The first kappa shape index (κ1) is 13.8. The van der Waals surface area contributed by atoms with Gasteiger partial charge < -0.3 is 0 Å². The fourth-order valence-corrected chi connectivity index (χ4v) is 1.64. The molecule has 1 heterocycles. The number of benzene rings is 1. The van der Waals surface area contributed by atoms with E-state index in [9.17, 15) is 23.7 Å². The predicted molar refractivity (Wildman–Crippen MR) is 64.3 cm³/mol. The van der Waals surface area contributed by atoms with Crippen LogP contribution in [0, 0.1) is 21.7 Å². The summed E-state index contributed by atoms with van der Waals surface area (Å²) >= 11 is 0. The molecule has 8 heteroatoms. The van der Waals surface area contributed by atoms with Gasteiger partial charge in [-0.25, -0.2) is 8.78 Å². The number of nitro groups is 1. The molecule has 20 heavy (non-hydrogen) atoms. The molecule has 2 rings (SSSR count). The zero-order valence-electron chi connectivity index (χ0n) is 10.3. The maximum Gasteiger partial charge on any atom is 0.307 e. The van der Waals surface area contributed by atoms with Crippen molar-refractivity contribution >= 4 is 11.5 Å². The Morgan fingerprint density at radius 3 is 2.65 bits per heavy atom. The van der Waals surface area contributed by atoms with E-state index >= 15 is 0 Å². The molecular formula is C12H9F2N3O3. The highest BCUT2D eigenvalue weighted by molar-refractivity contribution is 5.98. The average Bonchev–Trinajstić information content (AvgIpc) is 2.90. The molecule has 1 aromatic carbocycles. The highest BCUT2D eigenvalue weighted by Crippen LogP contribution is 2.18. The lowest BCUT2D eigenvalue weighted by atomic mass is 10.1. The summed E-state index contributed by atoms with van der Waals surface area (Å²) in [6, 6.07) is 1.91. The van der Waals surface area contributed by atoms with Crippen molar-refractivity contribution in [1.29, 1.82) is 0 Å². The number of halogens is 2. The van der Waals surface area contributed by atoms with E-state index in [1.54, 1.807) is 0 Å². The minimum Gasteiger partial charge on any atom is -0.292 e. The number of hydrogen-bond donors (Lipinski definition) is 0. The molecule has 6 nitrogen and oxygen atoms in total. The van der Waals surface area contributed by atoms with E-state index in [1.807, 2.05) is 0 Å². The molecule has 0 fully saturated rings. The lowest BCUT2D eigenvalue weighted by Gasteiger charge is -2.10. The summed E-state index contributed by atoms with van der Waals surface area (Å²) in [4.78, 5) is 22.0. The van der Waals surface area contributed by atoms with Gasteiger partial charge in [-0.1, -0.05) is 0 Å². The standard InChI is InChI=1S/C12H9F2N3O3/c1-7(16-6-9(5-15-16)17(19)20)12(18)8-2-3-10(13)11(14)4-8/h2-7H,1H3. The number of nitrogens with zero attached hydrogens (tertiary/aromatic N) is 3. The van der Waals surface area contributed by atoms with Gasteiger partial charge in [-0.15, -0.1) is 0 Å². The van der Waals surface area contributed by atoms with Crippen LogP contribution in [0.15, 0.2) is 30.6 Å². The largest absolute Gasteiger partial charge is 0.307 e. The second-order valence-corrected chi connectivity index (χ2v) is 4.10. The highest BCUT2D eigenvalue weighted by atomic mass is 19.2. The van der Waals surface area contributed by atoms with Crippen LogP contribution in [-0.2, 0) is 0 Å². The monoisotopic (exact) mass is 281 g/mol. The Hall–Kier alpha value is -2.64. The third kappa shape index (κ3) is 2.53. The number of carbonyl (C=O) groups is 1. The molecule has 0 saturated heterocycles. The third-order valence-electron chi connectivity index (χ3n) is 2.78. The molecule has 104 valence electrons. The summed E-state index contributed by atoms with van der Waals surface area (Å²) in [5.74, 6) is -2.71. The van der Waals surface area contributed by atoms with Crippen LogP contribution >= 0.6 is 0 Å². The van der Waals surface area contributed by atoms with Crippen LogP contribution in [0.2, 0.25) is 0 Å². The molecule has 0 saturated carbocycles. The predicted octanol–water partition coefficient (Wildman–Crippen LogP) is 2.51. The van der Waals surface area contributed by atoms with Crippen LogP contribution in [-0.4, -0.2) is 20.5 Å². The van der Waals surface area contributed by atoms with E-state index in [4.69, 9.17) is 0 Å². The first-order valence-electron chi connectivity index (χ1n) is 5.58. The summed E-state index contributed by atoms with van der Waals surface area (Å²) in [6.07, 6.45) is 2.11. The van der Waals surface area contributed by atoms with Crippen molar-refractivity contribution in [1.82, 2.24) is 9.78 Å². The molecule has 0 aliphatic carbocycles. The Bertz CT molecular complexity index is 684. The van der Waals surface area contributed by atoms with Crippen molar-refractivity contribution in [3.8, 4) is 0 Å². The first-order chi connectivity index (χ1) is 9.40. The van der Waals surface area contributed by atoms with Gasteiger partial charge in [0.2, 0.25) is 0 Å². The van der Waals surface area contributed by atoms with Crippen molar-refractivity contribution < 1.29 is 18.5 Å². The number of ketones is 1. The summed E-state index contributed by atoms with van der Waals surface area (Å²) in [6.45, 7) is 1.46. The van der Waals surface area contributed by atoms with Gasteiger partial charge in [-0.3, -0.25) is 19.6 Å². The smallest absolute Gasteiger partial charge is 0.292 e. The van der Waals surface area contributed by atoms with Gasteiger partial charge in [0.25, 0.3) is 0 Å². The van der Waals surface area contributed by atoms with E-state index in [2.05, 4.69) is 5.10 Å². The van der Waals surface area contributed by atoms with Gasteiger partial charge >= 0.3 is 5.69 Å². The molecular weight excluding hydrogens is 272 g/mol. The summed E-state index contributed by atoms with van der Waals surface area (Å²) in [7, 11) is 0. The van der Waals surface area contributed by atoms with Crippen molar-refractivity contribution in [2.24, 2.45) is 0 Å². The molecule has 1 atom stereocenters. The minimum atomic E-state index is -1.13. The Morgan fingerprint density at radius 1 is 1.40 bits per heavy atom. The fourth-order valence-electron chi connectivity index (χ4n) is 1.64. The van der Waals surface area contributed by atoms with Crippen LogP contribution in [0.4, 0.5) is 14.5 Å². The van der Waals surface area contributed by atoms with Crippen LogP contribution < -0.4 is 0 Å². The van der Waals surface area contributed by atoms with E-state index < -0.39 is 28.4 Å². The normalized spacial score (nSPS) is 12.2. The SMILES string of the molecule is CC(C(=O)c1ccc(F)c(F)c1)n1cc([N+](=O)[O-])cn1. The molecule has 0 aliphatic heterocycles. The van der Waals surface area contributed by atoms with Crippen LogP contribution in [0.5, 0.6) is 0 Å². The minimum absolute atomic E-state index is 0.0328. The zero-order valence-corrected chi connectivity index (χ0v) is 10.3. The van der Waals surface area contributed by atoms with E-state index in [0.717, 1.165) is 35.3 Å². The highest BCUT2D eigenvalue weighted by Gasteiger charge is 2.21. The number of hydrogen-bond acceptors (Lipinski definition) is 4. The van der Waals surface area contributed by atoms with E-state index in [0.29, 0.717) is 0 Å². The average molecular weight is 281 g/mol. The first-order valence-corrected chi connectivity index (χ1v) is 5.58. The van der Waals surface area contributed by atoms with Crippen molar-refractivity contribution in [2.75, 3.05) is 0 Å². The second-order valence-electron chi connectivity index (χ2n) is 4.10. The third-order valence-corrected chi connectivity index (χ3v) is 2.78. The van der Waals surface area contributed by atoms with Crippen molar-refractivity contribution in [3.05, 3.63) is 57.9 Å². The fraction of sp³-hybridized carbons (Fsp3) is 0.167. The van der Waals surface area contributed by atoms with Gasteiger partial charge in [0.1, 0.15) is 18.4 Å². The van der Waals surface area contributed by atoms with E-state index in [1.165, 1.54) is 6.92 Å². The van der Waals surface area contributed by atoms with Crippen LogP contribution in [0.3, 0.4) is 0 Å². The molecule has 0 spiro atoms. The summed E-state index contributed by atoms with van der Waals surface area (Å²) < 4.78 is 27.0. The Balaban J connectivity index is 2.27. The summed E-state index contributed by atoms with van der Waals surface area (Å²) in [5, 5.41) is 14.2. The molecule has 1 unspecified atom stereocenters. The molecule has 0 aliphatic rings. The lowest BCUT2D eigenvalue weighted by Crippen LogP contribution is -2.17. The molecule has 1 aromatic heterocycles. The maximum absolute atomic E-state index is 13.1. The number of carbonyl (C=O) groups excluding carboxylic acids is 1. The Morgan fingerprint density at radius 2 is 2.10 bits per heavy atom. The van der Waals surface area contributed by atoms with Gasteiger partial charge in [0.05, 0.1) is 4.92 Å². The van der Waals surface area contributed by atoms with Crippen molar-refractivity contribution in [2.45, 2.75) is 13.0 Å². The number of rotatable bonds is 4. The zero-order chi connectivity index (χ0) is 14.9. The van der Waals surface area contributed by atoms with Gasteiger partial charge in [0, 0.05) is 5.56 Å². The molecule has 2 aromatic rings. The molecule has 0 radical (unpaired) electrons. The molecule has 0 bridgehead atoms. The van der Waals surface area contributed by atoms with Gasteiger partial charge in [-0.2, -0.15) is 5.10 Å². The van der Waals surface area contributed by atoms with Gasteiger partial charge in [-0.05, 0) is 25.1 Å². The molecule has 0 N–H and O–H groups in total. The van der Waals surface area contributed by atoms with Crippen LogP contribution in [0.25, 0.3) is 0 Å². The Kier molecular flexibility index (Phi) is 3.55. The summed E-state index contributed by atoms with van der Waals surface area (Å²) in [5.41, 5.74) is -0.288. The quantitative estimate of drug-likeness (QED) is 0.490. The topological polar surface area (TPSA) is 78.0 Å². The second kappa shape index (κ2) is 5.16. The molecule has 0 amide bonds. The Labute approximate surface area is 111 Å². The lowest BCUT2D eigenvalue weighted by molar-refractivity contribution is -0.385. The maximum atomic E-state index is 13.1. The van der Waals surface area contributed by atoms with Gasteiger partial charge in [0.15, 0.2) is 17.4 Å². The van der Waals surface area contributed by atoms with E-state index in [-0.39, 0.29) is 11.3 Å². The van der Waals surface area contributed by atoms with Crippen LogP contribution in [0.1, 0.15) is 23.3 Å². The van der Waals surface area contributed by atoms with Crippen molar-refractivity contribution in [3.63, 3.8) is 0 Å². The number of aromatic nitrogens is 2. The number of Topliss-reactive ketones (excluding diaryl/α,β-unsaturated/α-hetero) is 1.